The average Bonchev–Trinajstić information content (AvgIpc) is 2.35. The zero-order valence-corrected chi connectivity index (χ0v) is 12.5. The van der Waals surface area contributed by atoms with E-state index in [2.05, 4.69) is 18.6 Å². The second-order valence-electron chi connectivity index (χ2n) is 5.74. The third-order valence-corrected chi connectivity index (χ3v) is 5.61. The number of hydrogen-bond donors (Lipinski definition) is 1. The van der Waals surface area contributed by atoms with Gasteiger partial charge in [0.05, 0.1) is 5.75 Å². The molecular formula is C15H23NO2S. The Balaban J connectivity index is 2.01. The van der Waals surface area contributed by atoms with Crippen LogP contribution in [0.1, 0.15) is 38.7 Å². The largest absolute Gasteiger partial charge is 0.216 e. The minimum atomic E-state index is -3.24. The fourth-order valence-electron chi connectivity index (χ4n) is 2.81. The lowest BCUT2D eigenvalue weighted by Gasteiger charge is -2.34. The highest BCUT2D eigenvalue weighted by Crippen LogP contribution is 2.30. The van der Waals surface area contributed by atoms with Gasteiger partial charge in [0.25, 0.3) is 0 Å². The monoisotopic (exact) mass is 281 g/mol. The molecule has 1 saturated carbocycles. The predicted octanol–water partition coefficient (Wildman–Crippen LogP) is 2.93. The van der Waals surface area contributed by atoms with Crippen molar-refractivity contribution in [1.29, 1.82) is 0 Å². The van der Waals surface area contributed by atoms with Crippen molar-refractivity contribution in [2.45, 2.75) is 44.9 Å². The normalized spacial score (nSPS) is 28.2. The van der Waals surface area contributed by atoms with E-state index < -0.39 is 10.0 Å². The van der Waals surface area contributed by atoms with Crippen LogP contribution in [0.4, 0.5) is 0 Å². The number of rotatable bonds is 4. The maximum atomic E-state index is 12.2. The van der Waals surface area contributed by atoms with Gasteiger partial charge in [-0.15, -0.1) is 0 Å². The van der Waals surface area contributed by atoms with Crippen LogP contribution in [0, 0.1) is 11.8 Å². The summed E-state index contributed by atoms with van der Waals surface area (Å²) >= 11 is 0. The summed E-state index contributed by atoms with van der Waals surface area (Å²) < 4.78 is 27.3. The third-order valence-electron chi connectivity index (χ3n) is 4.24. The van der Waals surface area contributed by atoms with Crippen molar-refractivity contribution in [2.24, 2.45) is 11.8 Å². The summed E-state index contributed by atoms with van der Waals surface area (Å²) in [4.78, 5) is 0. The lowest BCUT2D eigenvalue weighted by Crippen LogP contribution is -2.44. The molecule has 0 saturated heterocycles. The lowest BCUT2D eigenvalue weighted by atomic mass is 9.78. The quantitative estimate of drug-likeness (QED) is 0.922. The van der Waals surface area contributed by atoms with Crippen LogP contribution in [0.25, 0.3) is 0 Å². The molecule has 3 unspecified atom stereocenters. The fraction of sp³-hybridized carbons (Fsp3) is 0.600. The van der Waals surface area contributed by atoms with Crippen molar-refractivity contribution >= 4 is 10.0 Å². The van der Waals surface area contributed by atoms with E-state index in [1.54, 1.807) is 0 Å². The number of benzene rings is 1. The molecule has 0 aliphatic heterocycles. The Hall–Kier alpha value is -0.870. The molecule has 19 heavy (non-hydrogen) atoms. The van der Waals surface area contributed by atoms with Crippen molar-refractivity contribution < 1.29 is 8.42 Å². The van der Waals surface area contributed by atoms with Gasteiger partial charge in [-0.05, 0) is 23.8 Å². The van der Waals surface area contributed by atoms with Gasteiger partial charge in [-0.2, -0.15) is 0 Å². The molecule has 0 aromatic heterocycles. The first-order chi connectivity index (χ1) is 8.98. The van der Waals surface area contributed by atoms with E-state index in [1.807, 2.05) is 30.3 Å². The van der Waals surface area contributed by atoms with E-state index >= 15 is 0 Å². The van der Waals surface area contributed by atoms with E-state index in [1.165, 1.54) is 6.42 Å². The molecule has 0 amide bonds. The van der Waals surface area contributed by atoms with Crippen molar-refractivity contribution in [2.75, 3.05) is 0 Å². The Morgan fingerprint density at radius 3 is 2.53 bits per heavy atom. The Labute approximate surface area is 116 Å². The fourth-order valence-corrected chi connectivity index (χ4v) is 4.32. The van der Waals surface area contributed by atoms with Crippen LogP contribution >= 0.6 is 0 Å². The van der Waals surface area contributed by atoms with Crippen LogP contribution < -0.4 is 4.72 Å². The first-order valence-corrected chi connectivity index (χ1v) is 8.67. The molecule has 1 aliphatic carbocycles. The molecule has 1 fully saturated rings. The molecule has 1 aromatic carbocycles. The van der Waals surface area contributed by atoms with Crippen LogP contribution in [-0.2, 0) is 15.8 Å². The molecule has 0 bridgehead atoms. The van der Waals surface area contributed by atoms with Gasteiger partial charge in [0.2, 0.25) is 10.0 Å². The standard InChI is InChI=1S/C15H23NO2S/c1-12-7-6-10-15(13(12)2)16-19(17,18)11-14-8-4-3-5-9-14/h3-5,8-9,12-13,15-16H,6-7,10-11H2,1-2H3. The SMILES string of the molecule is CC1CCCC(NS(=O)(=O)Cc2ccccc2)C1C. The lowest BCUT2D eigenvalue weighted by molar-refractivity contribution is 0.227. The number of nitrogens with one attached hydrogen (secondary N) is 1. The molecule has 0 radical (unpaired) electrons. The van der Waals surface area contributed by atoms with Crippen LogP contribution in [0.3, 0.4) is 0 Å². The summed E-state index contributed by atoms with van der Waals surface area (Å²) in [6.45, 7) is 4.36. The van der Waals surface area contributed by atoms with Crippen molar-refractivity contribution in [1.82, 2.24) is 4.72 Å². The summed E-state index contributed by atoms with van der Waals surface area (Å²) in [6.07, 6.45) is 3.28. The minimum Gasteiger partial charge on any atom is -0.212 e. The molecule has 1 aliphatic rings. The molecule has 0 heterocycles. The highest BCUT2D eigenvalue weighted by Gasteiger charge is 2.30. The molecule has 2 rings (SSSR count). The highest BCUT2D eigenvalue weighted by atomic mass is 32.2. The van der Waals surface area contributed by atoms with Crippen LogP contribution in [-0.4, -0.2) is 14.5 Å². The van der Waals surface area contributed by atoms with Gasteiger partial charge < -0.3 is 0 Å². The number of hydrogen-bond acceptors (Lipinski definition) is 2. The summed E-state index contributed by atoms with van der Waals surface area (Å²) in [7, 11) is -3.24. The van der Waals surface area contributed by atoms with Gasteiger partial charge in [0.1, 0.15) is 0 Å². The highest BCUT2D eigenvalue weighted by molar-refractivity contribution is 7.88. The molecule has 4 heteroatoms. The van der Waals surface area contributed by atoms with Gasteiger partial charge in [-0.25, -0.2) is 13.1 Å². The molecule has 0 spiro atoms. The maximum Gasteiger partial charge on any atom is 0.216 e. The molecule has 3 nitrogen and oxygen atoms in total. The van der Waals surface area contributed by atoms with Gasteiger partial charge in [0, 0.05) is 6.04 Å². The number of sulfonamides is 1. The minimum absolute atomic E-state index is 0.0748. The Morgan fingerprint density at radius 1 is 1.16 bits per heavy atom. The zero-order valence-electron chi connectivity index (χ0n) is 11.7. The summed E-state index contributed by atoms with van der Waals surface area (Å²) in [5.41, 5.74) is 0.839. The second kappa shape index (κ2) is 6.06. The van der Waals surface area contributed by atoms with E-state index in [0.29, 0.717) is 11.8 Å². The maximum absolute atomic E-state index is 12.2. The predicted molar refractivity (Wildman–Crippen MR) is 78.2 cm³/mol. The van der Waals surface area contributed by atoms with Crippen LogP contribution in [0.2, 0.25) is 0 Å². The molecule has 1 N–H and O–H groups in total. The summed E-state index contributed by atoms with van der Waals surface area (Å²) in [6, 6.07) is 9.44. The van der Waals surface area contributed by atoms with Gasteiger partial charge in [-0.1, -0.05) is 57.0 Å². The van der Waals surface area contributed by atoms with E-state index in [4.69, 9.17) is 0 Å². The third kappa shape index (κ3) is 4.05. The second-order valence-corrected chi connectivity index (χ2v) is 7.49. The topological polar surface area (TPSA) is 46.2 Å². The van der Waals surface area contributed by atoms with E-state index in [-0.39, 0.29) is 11.8 Å². The van der Waals surface area contributed by atoms with Crippen molar-refractivity contribution in [3.05, 3.63) is 35.9 Å². The molecule has 3 atom stereocenters. The molecule has 106 valence electrons. The Morgan fingerprint density at radius 2 is 1.84 bits per heavy atom. The summed E-state index contributed by atoms with van der Waals surface area (Å²) in [5.74, 6) is 1.09. The van der Waals surface area contributed by atoms with Gasteiger partial charge in [0.15, 0.2) is 0 Å². The first kappa shape index (κ1) is 14.5. The smallest absolute Gasteiger partial charge is 0.212 e. The summed E-state index contributed by atoms with van der Waals surface area (Å²) in [5, 5.41) is 0. The Bertz CT molecular complexity index is 498. The Kier molecular flexibility index (Phi) is 4.63. The van der Waals surface area contributed by atoms with E-state index in [9.17, 15) is 8.42 Å². The molecule has 1 aromatic rings. The van der Waals surface area contributed by atoms with E-state index in [0.717, 1.165) is 18.4 Å². The van der Waals surface area contributed by atoms with Crippen LogP contribution in [0.15, 0.2) is 30.3 Å². The first-order valence-electron chi connectivity index (χ1n) is 7.02. The average molecular weight is 281 g/mol. The van der Waals surface area contributed by atoms with Gasteiger partial charge >= 0.3 is 0 Å². The zero-order chi connectivity index (χ0) is 13.9. The van der Waals surface area contributed by atoms with Crippen molar-refractivity contribution in [3.63, 3.8) is 0 Å². The van der Waals surface area contributed by atoms with Crippen LogP contribution in [0.5, 0.6) is 0 Å². The molecular weight excluding hydrogens is 258 g/mol. The van der Waals surface area contributed by atoms with Gasteiger partial charge in [-0.3, -0.25) is 0 Å². The van der Waals surface area contributed by atoms with Crippen molar-refractivity contribution in [3.8, 4) is 0 Å².